The fourth-order valence-corrected chi connectivity index (χ4v) is 2.42. The molecule has 0 bridgehead atoms. The second-order valence-corrected chi connectivity index (χ2v) is 5.23. The SMILES string of the molecule is CCOc1ccccc1-c1nnc(SCc2nnc(C)o2)o1. The van der Waals surface area contributed by atoms with E-state index in [9.17, 15) is 0 Å². The van der Waals surface area contributed by atoms with E-state index in [-0.39, 0.29) is 0 Å². The number of hydrogen-bond acceptors (Lipinski definition) is 8. The second-order valence-electron chi connectivity index (χ2n) is 4.31. The van der Waals surface area contributed by atoms with Gasteiger partial charge in [-0.25, -0.2) is 0 Å². The zero-order valence-electron chi connectivity index (χ0n) is 12.1. The summed E-state index contributed by atoms with van der Waals surface area (Å²) >= 11 is 1.34. The fourth-order valence-electron chi connectivity index (χ4n) is 1.82. The Bertz CT molecular complexity index is 756. The molecule has 0 spiro atoms. The molecule has 0 unspecified atom stereocenters. The van der Waals surface area contributed by atoms with Crippen LogP contribution < -0.4 is 4.74 Å². The third-order valence-electron chi connectivity index (χ3n) is 2.71. The maximum absolute atomic E-state index is 5.66. The lowest BCUT2D eigenvalue weighted by Crippen LogP contribution is -1.93. The van der Waals surface area contributed by atoms with Gasteiger partial charge in [-0.1, -0.05) is 23.9 Å². The van der Waals surface area contributed by atoms with E-state index in [0.29, 0.717) is 35.3 Å². The van der Waals surface area contributed by atoms with E-state index in [2.05, 4.69) is 20.4 Å². The van der Waals surface area contributed by atoms with Crippen molar-refractivity contribution in [3.8, 4) is 17.2 Å². The van der Waals surface area contributed by atoms with Gasteiger partial charge in [-0.2, -0.15) is 0 Å². The number of ether oxygens (including phenoxy) is 1. The van der Waals surface area contributed by atoms with Gasteiger partial charge < -0.3 is 13.6 Å². The van der Waals surface area contributed by atoms with Crippen LogP contribution in [0.1, 0.15) is 18.7 Å². The van der Waals surface area contributed by atoms with Crippen LogP contribution in [0.3, 0.4) is 0 Å². The standard InChI is InChI=1S/C14H14N4O3S/c1-3-19-11-7-5-4-6-10(11)13-17-18-14(21-13)22-8-12-16-15-9(2)20-12/h4-7H,3,8H2,1-2H3. The first-order valence-electron chi connectivity index (χ1n) is 6.73. The largest absolute Gasteiger partial charge is 0.493 e. The molecule has 0 aliphatic rings. The molecule has 2 heterocycles. The molecule has 3 rings (SSSR count). The number of rotatable bonds is 6. The monoisotopic (exact) mass is 318 g/mol. The minimum absolute atomic E-state index is 0.424. The quantitative estimate of drug-likeness (QED) is 0.641. The molecule has 2 aromatic heterocycles. The lowest BCUT2D eigenvalue weighted by Gasteiger charge is -2.05. The molecular formula is C14H14N4O3S. The van der Waals surface area contributed by atoms with Gasteiger partial charge in [-0.05, 0) is 19.1 Å². The zero-order valence-corrected chi connectivity index (χ0v) is 13.0. The zero-order chi connectivity index (χ0) is 15.4. The van der Waals surface area contributed by atoms with E-state index in [0.717, 1.165) is 11.3 Å². The molecule has 0 saturated heterocycles. The summed E-state index contributed by atoms with van der Waals surface area (Å²) < 4.78 is 16.5. The van der Waals surface area contributed by atoms with Gasteiger partial charge in [0.25, 0.3) is 11.1 Å². The van der Waals surface area contributed by atoms with Crippen molar-refractivity contribution in [3.05, 3.63) is 36.0 Å². The first-order valence-corrected chi connectivity index (χ1v) is 7.72. The Balaban J connectivity index is 1.73. The van der Waals surface area contributed by atoms with Crippen LogP contribution in [0.2, 0.25) is 0 Å². The fraction of sp³-hybridized carbons (Fsp3) is 0.286. The Kier molecular flexibility index (Phi) is 4.38. The van der Waals surface area contributed by atoms with Crippen molar-refractivity contribution in [2.24, 2.45) is 0 Å². The lowest BCUT2D eigenvalue weighted by molar-refractivity contribution is 0.340. The highest BCUT2D eigenvalue weighted by atomic mass is 32.2. The molecule has 0 aliphatic carbocycles. The van der Waals surface area contributed by atoms with E-state index in [1.807, 2.05) is 31.2 Å². The van der Waals surface area contributed by atoms with E-state index in [4.69, 9.17) is 13.6 Å². The molecule has 0 N–H and O–H groups in total. The summed E-state index contributed by atoms with van der Waals surface area (Å²) in [5.74, 6) is 2.69. The molecule has 0 saturated carbocycles. The first-order chi connectivity index (χ1) is 10.8. The average molecular weight is 318 g/mol. The summed E-state index contributed by atoms with van der Waals surface area (Å²) in [7, 11) is 0. The Morgan fingerprint density at radius 3 is 2.73 bits per heavy atom. The van der Waals surface area contributed by atoms with Crippen LogP contribution in [-0.2, 0) is 5.75 Å². The van der Waals surface area contributed by atoms with E-state index >= 15 is 0 Å². The second kappa shape index (κ2) is 6.61. The minimum atomic E-state index is 0.424. The first kappa shape index (κ1) is 14.6. The summed E-state index contributed by atoms with van der Waals surface area (Å²) in [6.07, 6.45) is 0. The number of aromatic nitrogens is 4. The van der Waals surface area contributed by atoms with Gasteiger partial charge >= 0.3 is 0 Å². The number of hydrogen-bond donors (Lipinski definition) is 0. The summed E-state index contributed by atoms with van der Waals surface area (Å²) in [4.78, 5) is 0. The van der Waals surface area contributed by atoms with Gasteiger partial charge in [0.05, 0.1) is 17.9 Å². The van der Waals surface area contributed by atoms with Crippen molar-refractivity contribution in [2.45, 2.75) is 24.8 Å². The summed E-state index contributed by atoms with van der Waals surface area (Å²) in [5.41, 5.74) is 0.775. The highest BCUT2D eigenvalue weighted by Crippen LogP contribution is 2.31. The van der Waals surface area contributed by atoms with Gasteiger partial charge in [0.1, 0.15) is 5.75 Å². The van der Waals surface area contributed by atoms with Crippen LogP contribution in [0, 0.1) is 6.92 Å². The van der Waals surface area contributed by atoms with Crippen molar-refractivity contribution in [1.82, 2.24) is 20.4 Å². The molecule has 7 nitrogen and oxygen atoms in total. The van der Waals surface area contributed by atoms with Crippen molar-refractivity contribution in [1.29, 1.82) is 0 Å². The molecule has 0 fully saturated rings. The molecule has 0 atom stereocenters. The number of thioether (sulfide) groups is 1. The van der Waals surface area contributed by atoms with E-state index < -0.39 is 0 Å². The van der Waals surface area contributed by atoms with Gasteiger partial charge in [0.2, 0.25) is 11.8 Å². The molecule has 8 heteroatoms. The number of nitrogens with zero attached hydrogens (tertiary/aromatic N) is 4. The molecule has 0 aliphatic heterocycles. The smallest absolute Gasteiger partial charge is 0.277 e. The summed E-state index contributed by atoms with van der Waals surface area (Å²) in [6.45, 7) is 4.25. The topological polar surface area (TPSA) is 87.1 Å². The van der Waals surface area contributed by atoms with Gasteiger partial charge in [0.15, 0.2) is 0 Å². The average Bonchev–Trinajstić information content (AvgIpc) is 3.15. The van der Waals surface area contributed by atoms with Gasteiger partial charge in [0, 0.05) is 6.92 Å². The van der Waals surface area contributed by atoms with Crippen LogP contribution >= 0.6 is 11.8 Å². The Hall–Kier alpha value is -2.35. The van der Waals surface area contributed by atoms with Crippen LogP contribution in [0.15, 0.2) is 38.3 Å². The van der Waals surface area contributed by atoms with Crippen LogP contribution in [0.5, 0.6) is 5.75 Å². The summed E-state index contributed by atoms with van der Waals surface area (Å²) in [5, 5.41) is 16.2. The van der Waals surface area contributed by atoms with Crippen molar-refractivity contribution in [3.63, 3.8) is 0 Å². The lowest BCUT2D eigenvalue weighted by atomic mass is 10.2. The Morgan fingerprint density at radius 2 is 1.95 bits per heavy atom. The minimum Gasteiger partial charge on any atom is -0.493 e. The highest BCUT2D eigenvalue weighted by Gasteiger charge is 2.14. The van der Waals surface area contributed by atoms with Crippen LogP contribution in [0.4, 0.5) is 0 Å². The van der Waals surface area contributed by atoms with Gasteiger partial charge in [-0.15, -0.1) is 20.4 Å². The van der Waals surface area contributed by atoms with E-state index in [1.165, 1.54) is 11.8 Å². The number of benzene rings is 1. The van der Waals surface area contributed by atoms with E-state index in [1.54, 1.807) is 6.92 Å². The van der Waals surface area contributed by atoms with Gasteiger partial charge in [-0.3, -0.25) is 0 Å². The summed E-state index contributed by atoms with van der Waals surface area (Å²) in [6, 6.07) is 7.56. The number of para-hydroxylation sites is 1. The normalized spacial score (nSPS) is 10.8. The van der Waals surface area contributed by atoms with Crippen molar-refractivity contribution >= 4 is 11.8 Å². The molecule has 114 valence electrons. The number of aryl methyl sites for hydroxylation is 1. The van der Waals surface area contributed by atoms with Crippen molar-refractivity contribution in [2.75, 3.05) is 6.61 Å². The highest BCUT2D eigenvalue weighted by molar-refractivity contribution is 7.98. The maximum atomic E-state index is 5.66. The maximum Gasteiger partial charge on any atom is 0.277 e. The molecule has 22 heavy (non-hydrogen) atoms. The third kappa shape index (κ3) is 3.28. The Labute approximate surface area is 131 Å². The molecule has 0 amide bonds. The molecular weight excluding hydrogens is 304 g/mol. The molecule has 3 aromatic rings. The van der Waals surface area contributed by atoms with Crippen molar-refractivity contribution < 1.29 is 13.6 Å². The molecule has 0 radical (unpaired) electrons. The van der Waals surface area contributed by atoms with Crippen LogP contribution in [0.25, 0.3) is 11.5 Å². The predicted molar refractivity (Wildman–Crippen MR) is 79.5 cm³/mol. The third-order valence-corrected chi connectivity index (χ3v) is 3.51. The predicted octanol–water partition coefficient (Wildman–Crippen LogP) is 3.12. The Morgan fingerprint density at radius 1 is 1.09 bits per heavy atom. The van der Waals surface area contributed by atoms with Crippen LogP contribution in [-0.4, -0.2) is 27.0 Å². The molecule has 1 aromatic carbocycles.